The molecule has 0 aliphatic heterocycles. The number of nitrogens with one attached hydrogen (secondary N) is 1. The molecule has 1 N–H and O–H groups in total. The first-order valence-electron chi connectivity index (χ1n) is 7.77. The van der Waals surface area contributed by atoms with E-state index in [2.05, 4.69) is 15.3 Å². The molecule has 26 heavy (non-hydrogen) atoms. The Hall–Kier alpha value is -2.99. The van der Waals surface area contributed by atoms with E-state index in [9.17, 15) is 9.18 Å². The van der Waals surface area contributed by atoms with E-state index >= 15 is 0 Å². The summed E-state index contributed by atoms with van der Waals surface area (Å²) in [6.45, 7) is 0. The monoisotopic (exact) mass is 371 g/mol. The molecule has 0 bridgehead atoms. The number of benzene rings is 2. The lowest BCUT2D eigenvalue weighted by atomic mass is 10.1. The van der Waals surface area contributed by atoms with Gasteiger partial charge in [0.05, 0.1) is 24.2 Å². The van der Waals surface area contributed by atoms with Gasteiger partial charge in [-0.3, -0.25) is 10.1 Å². The molecule has 1 heterocycles. The van der Waals surface area contributed by atoms with Crippen molar-refractivity contribution in [3.8, 4) is 17.0 Å². The molecule has 0 aliphatic carbocycles. The molecule has 1 amide bonds. The first kappa shape index (κ1) is 17.8. The van der Waals surface area contributed by atoms with Crippen molar-refractivity contribution in [3.63, 3.8) is 0 Å². The molecule has 0 radical (unpaired) electrons. The molecule has 2 aromatic carbocycles. The maximum atomic E-state index is 13.9. The molecule has 3 aromatic rings. The minimum atomic E-state index is -0.600. The molecule has 0 fully saturated rings. The second-order valence-electron chi connectivity index (χ2n) is 5.43. The number of hydrogen-bond donors (Lipinski definition) is 1. The molecule has 0 saturated heterocycles. The molecule has 132 valence electrons. The summed E-state index contributed by atoms with van der Waals surface area (Å²) in [6.07, 6.45) is 1.38. The van der Waals surface area contributed by atoms with E-state index in [1.54, 1.807) is 25.4 Å². The summed E-state index contributed by atoms with van der Waals surface area (Å²) in [6, 6.07) is 13.6. The number of amides is 1. The molecule has 0 saturated carbocycles. The van der Waals surface area contributed by atoms with Gasteiger partial charge in [0.15, 0.2) is 0 Å². The maximum Gasteiger partial charge on any atom is 0.231 e. The van der Waals surface area contributed by atoms with Crippen molar-refractivity contribution in [2.75, 3.05) is 12.4 Å². The van der Waals surface area contributed by atoms with Gasteiger partial charge < -0.3 is 4.74 Å². The number of nitrogens with zero attached hydrogens (tertiary/aromatic N) is 2. The van der Waals surface area contributed by atoms with Crippen molar-refractivity contribution in [3.05, 3.63) is 71.1 Å². The van der Waals surface area contributed by atoms with Gasteiger partial charge in [-0.05, 0) is 42.0 Å². The summed E-state index contributed by atoms with van der Waals surface area (Å²) in [4.78, 5) is 20.5. The minimum absolute atomic E-state index is 0.0203. The zero-order chi connectivity index (χ0) is 18.5. The van der Waals surface area contributed by atoms with Gasteiger partial charge >= 0.3 is 0 Å². The van der Waals surface area contributed by atoms with Crippen molar-refractivity contribution in [1.29, 1.82) is 0 Å². The van der Waals surface area contributed by atoms with Crippen LogP contribution in [0.25, 0.3) is 11.3 Å². The van der Waals surface area contributed by atoms with Crippen LogP contribution in [0.2, 0.25) is 5.02 Å². The zero-order valence-electron chi connectivity index (χ0n) is 13.9. The van der Waals surface area contributed by atoms with Crippen LogP contribution in [0.5, 0.6) is 5.75 Å². The van der Waals surface area contributed by atoms with Crippen LogP contribution in [0, 0.1) is 5.82 Å². The fraction of sp³-hybridized carbons (Fsp3) is 0.105. The minimum Gasteiger partial charge on any atom is -0.497 e. The fourth-order valence-corrected chi connectivity index (χ4v) is 2.56. The van der Waals surface area contributed by atoms with Crippen LogP contribution in [-0.4, -0.2) is 23.0 Å². The Kier molecular flexibility index (Phi) is 5.43. The van der Waals surface area contributed by atoms with E-state index in [1.165, 1.54) is 12.1 Å². The highest BCUT2D eigenvalue weighted by molar-refractivity contribution is 6.30. The lowest BCUT2D eigenvalue weighted by Crippen LogP contribution is -2.17. The average Bonchev–Trinajstić information content (AvgIpc) is 2.66. The van der Waals surface area contributed by atoms with Crippen molar-refractivity contribution >= 4 is 23.5 Å². The Labute approximate surface area is 154 Å². The normalized spacial score (nSPS) is 10.4. The maximum absolute atomic E-state index is 13.9. The predicted octanol–water partition coefficient (Wildman–Crippen LogP) is 4.13. The highest BCUT2D eigenvalue weighted by Gasteiger charge is 2.12. The van der Waals surface area contributed by atoms with Crippen LogP contribution < -0.4 is 10.1 Å². The number of aromatic nitrogens is 2. The second-order valence-corrected chi connectivity index (χ2v) is 5.84. The molecule has 3 rings (SSSR count). The van der Waals surface area contributed by atoms with E-state index in [0.717, 1.165) is 11.3 Å². The van der Waals surface area contributed by atoms with E-state index in [1.807, 2.05) is 24.3 Å². The third-order valence-electron chi connectivity index (χ3n) is 3.68. The number of methoxy groups -OCH3 is 1. The molecule has 0 atom stereocenters. The lowest BCUT2D eigenvalue weighted by molar-refractivity contribution is -0.115. The lowest BCUT2D eigenvalue weighted by Gasteiger charge is -2.07. The summed E-state index contributed by atoms with van der Waals surface area (Å²) in [5.41, 5.74) is 1.71. The Balaban J connectivity index is 1.73. The highest BCUT2D eigenvalue weighted by atomic mass is 35.5. The first-order valence-corrected chi connectivity index (χ1v) is 8.15. The van der Waals surface area contributed by atoms with Crippen LogP contribution in [0.15, 0.2) is 54.7 Å². The average molecular weight is 372 g/mol. The molecular weight excluding hydrogens is 357 g/mol. The van der Waals surface area contributed by atoms with E-state index in [-0.39, 0.29) is 23.0 Å². The molecule has 7 heteroatoms. The van der Waals surface area contributed by atoms with Gasteiger partial charge in [-0.25, -0.2) is 14.4 Å². The van der Waals surface area contributed by atoms with Crippen LogP contribution in [0.4, 0.5) is 10.3 Å². The number of carbonyl (C=O) groups excluding carboxylic acids is 1. The molecule has 0 aliphatic rings. The van der Waals surface area contributed by atoms with Gasteiger partial charge in [-0.15, -0.1) is 0 Å². The summed E-state index contributed by atoms with van der Waals surface area (Å²) in [5, 5.41) is 2.55. The van der Waals surface area contributed by atoms with Crippen molar-refractivity contribution in [2.45, 2.75) is 6.42 Å². The Morgan fingerprint density at radius 3 is 2.69 bits per heavy atom. The predicted molar refractivity (Wildman–Crippen MR) is 97.8 cm³/mol. The standard InChI is InChI=1S/C19H15ClFN3O2/c1-26-14-7-5-12(6-8-14)16-9-10-22-19(23-16)24-17(25)11-13-3-2-4-15(20)18(13)21/h2-10H,11H2,1H3,(H,22,23,24,25). The van der Waals surface area contributed by atoms with Gasteiger partial charge in [0, 0.05) is 11.8 Å². The number of carbonyl (C=O) groups is 1. The first-order chi connectivity index (χ1) is 12.6. The zero-order valence-corrected chi connectivity index (χ0v) is 14.6. The topological polar surface area (TPSA) is 64.1 Å². The third-order valence-corrected chi connectivity index (χ3v) is 3.97. The van der Waals surface area contributed by atoms with E-state index < -0.39 is 11.7 Å². The van der Waals surface area contributed by atoms with Gasteiger partial charge in [-0.2, -0.15) is 0 Å². The third kappa shape index (κ3) is 4.15. The molecule has 1 aromatic heterocycles. The van der Waals surface area contributed by atoms with Crippen LogP contribution >= 0.6 is 11.6 Å². The van der Waals surface area contributed by atoms with E-state index in [0.29, 0.717) is 5.69 Å². The van der Waals surface area contributed by atoms with Crippen molar-refractivity contribution < 1.29 is 13.9 Å². The second kappa shape index (κ2) is 7.93. The Bertz CT molecular complexity index is 932. The van der Waals surface area contributed by atoms with Crippen LogP contribution in [0.3, 0.4) is 0 Å². The Morgan fingerprint density at radius 2 is 1.96 bits per heavy atom. The summed E-state index contributed by atoms with van der Waals surface area (Å²) >= 11 is 5.73. The molecule has 0 unspecified atom stereocenters. The SMILES string of the molecule is COc1ccc(-c2ccnc(NC(=O)Cc3cccc(Cl)c3F)n2)cc1. The number of ether oxygens (including phenoxy) is 1. The number of rotatable bonds is 5. The number of anilines is 1. The van der Waals surface area contributed by atoms with Crippen molar-refractivity contribution in [2.24, 2.45) is 0 Å². The van der Waals surface area contributed by atoms with Crippen LogP contribution in [-0.2, 0) is 11.2 Å². The summed E-state index contributed by atoms with van der Waals surface area (Å²) < 4.78 is 19.0. The highest BCUT2D eigenvalue weighted by Crippen LogP contribution is 2.21. The van der Waals surface area contributed by atoms with E-state index in [4.69, 9.17) is 16.3 Å². The smallest absolute Gasteiger partial charge is 0.231 e. The molecule has 5 nitrogen and oxygen atoms in total. The molecule has 0 spiro atoms. The van der Waals surface area contributed by atoms with Gasteiger partial charge in [0.1, 0.15) is 11.6 Å². The van der Waals surface area contributed by atoms with Gasteiger partial charge in [0.25, 0.3) is 0 Å². The number of halogens is 2. The summed E-state index contributed by atoms with van der Waals surface area (Å²) in [5.74, 6) is -0.152. The van der Waals surface area contributed by atoms with Gasteiger partial charge in [0.2, 0.25) is 11.9 Å². The van der Waals surface area contributed by atoms with Gasteiger partial charge in [-0.1, -0.05) is 23.7 Å². The van der Waals surface area contributed by atoms with Crippen molar-refractivity contribution in [1.82, 2.24) is 9.97 Å². The summed E-state index contributed by atoms with van der Waals surface area (Å²) in [7, 11) is 1.59. The largest absolute Gasteiger partial charge is 0.497 e. The Morgan fingerprint density at radius 1 is 1.19 bits per heavy atom. The van der Waals surface area contributed by atoms with Crippen LogP contribution in [0.1, 0.15) is 5.56 Å². The quantitative estimate of drug-likeness (QED) is 0.732. The molecular formula is C19H15ClFN3O2. The fourth-order valence-electron chi connectivity index (χ4n) is 2.37. The number of hydrogen-bond acceptors (Lipinski definition) is 4.